The van der Waals surface area contributed by atoms with Crippen molar-refractivity contribution in [1.82, 2.24) is 4.90 Å². The van der Waals surface area contributed by atoms with E-state index in [4.69, 9.17) is 9.47 Å². The first-order valence-corrected chi connectivity index (χ1v) is 23.5. The topological polar surface area (TPSA) is 178 Å². The van der Waals surface area contributed by atoms with Gasteiger partial charge in [-0.1, -0.05) is 73.7 Å². The van der Waals surface area contributed by atoms with Gasteiger partial charge in [0.25, 0.3) is 17.7 Å². The van der Waals surface area contributed by atoms with Crippen LogP contribution in [0.2, 0.25) is 18.6 Å². The highest BCUT2D eigenvalue weighted by atomic mass is 28.3. The van der Waals surface area contributed by atoms with Crippen molar-refractivity contribution < 1.29 is 44.0 Å². The summed E-state index contributed by atoms with van der Waals surface area (Å²) in [6, 6.07) is 27.7. The Labute approximate surface area is 351 Å². The summed E-state index contributed by atoms with van der Waals surface area (Å²) >= 11 is 0. The Morgan fingerprint density at radius 2 is 1.55 bits per heavy atom. The average Bonchev–Trinajstić information content (AvgIpc) is 3.65. The van der Waals surface area contributed by atoms with Gasteiger partial charge in [0.15, 0.2) is 5.60 Å². The summed E-state index contributed by atoms with van der Waals surface area (Å²) in [5, 5.41) is 37.0. The molecule has 0 aromatic heterocycles. The molecular weight excluding hydrogens is 781 g/mol. The van der Waals surface area contributed by atoms with Crippen LogP contribution < -0.4 is 25.5 Å². The largest absolute Gasteiger partial charge is 0.497 e. The fraction of sp³-hybridized carbons (Fsp3) is 0.391. The second kappa shape index (κ2) is 16.9. The zero-order valence-corrected chi connectivity index (χ0v) is 35.8. The summed E-state index contributed by atoms with van der Waals surface area (Å²) in [7, 11) is -1.06. The van der Waals surface area contributed by atoms with Gasteiger partial charge < -0.3 is 45.2 Å². The third kappa shape index (κ3) is 7.85. The number of hydrogen-bond donors (Lipinski definition) is 5. The lowest BCUT2D eigenvalue weighted by Crippen LogP contribution is -2.52. The second-order valence-electron chi connectivity index (χ2n) is 16.8. The zero-order valence-electron chi connectivity index (χ0n) is 34.8. The molecule has 60 heavy (non-hydrogen) atoms. The lowest BCUT2D eigenvalue weighted by Gasteiger charge is -2.39. The maximum atomic E-state index is 15.5. The first-order chi connectivity index (χ1) is 28.6. The van der Waals surface area contributed by atoms with Crippen molar-refractivity contribution in [2.45, 2.75) is 95.3 Å². The molecule has 0 aliphatic carbocycles. The molecule has 1 fully saturated rings. The lowest BCUT2D eigenvalue weighted by molar-refractivity contribution is -0.151. The Kier molecular flexibility index (Phi) is 12.1. The van der Waals surface area contributed by atoms with Gasteiger partial charge in [-0.25, -0.2) is 0 Å². The summed E-state index contributed by atoms with van der Waals surface area (Å²) in [6.45, 7) is 9.46. The maximum absolute atomic E-state index is 15.5. The number of nitrogens with zero attached hydrogens (tertiary/aromatic N) is 2. The molecule has 316 valence electrons. The quantitative estimate of drug-likeness (QED) is 0.129. The predicted octanol–water partition coefficient (Wildman–Crippen LogP) is 4.43. The van der Waals surface area contributed by atoms with Gasteiger partial charge in [-0.15, -0.1) is 0 Å². The lowest BCUT2D eigenvalue weighted by atomic mass is 9.82. The number of amides is 4. The number of carbonyl (C=O) groups excluding carboxylic acids is 4. The van der Waals surface area contributed by atoms with E-state index in [1.54, 1.807) is 53.3 Å². The van der Waals surface area contributed by atoms with Crippen molar-refractivity contribution in [3.05, 3.63) is 113 Å². The van der Waals surface area contributed by atoms with Crippen molar-refractivity contribution in [3.63, 3.8) is 0 Å². The van der Waals surface area contributed by atoms with Crippen LogP contribution in [0, 0.1) is 5.92 Å². The monoisotopic (exact) mass is 834 g/mol. The normalized spacial score (nSPS) is 23.2. The number of aliphatic hydroxyl groups excluding tert-OH is 3. The molecule has 1 saturated heterocycles. The number of ether oxygens (including phenoxy) is 2. The highest BCUT2D eigenvalue weighted by Crippen LogP contribution is 2.60. The summed E-state index contributed by atoms with van der Waals surface area (Å²) < 4.78 is 12.8. The summed E-state index contributed by atoms with van der Waals surface area (Å²) in [5.74, 6) is -1.47. The standard InChI is InChI=1S/C46H54N4O9Si/c1-27-42(60(5,6)37-17-15-36(58-4)16-18-37)40(23-41(54)49-25-32-12-8-7-11-31(32)21-35(49)26-51)59-46(27)38-22-34(48-44(56)29(3)53)14-19-39(38)50(45(46)57)24-30-10-9-13-33(20-30)47-43(55)28(2)52/h7-20,22,27-29,35,40,42,51-53H,21,23-26H2,1-6H3,(H,47,55)(H,48,56)/t27-,28-,29-,35-,40+,42-,46+/m0/s1. The molecule has 0 bridgehead atoms. The number of rotatable bonds is 12. The van der Waals surface area contributed by atoms with Crippen LogP contribution in [0.25, 0.3) is 0 Å². The van der Waals surface area contributed by atoms with Crippen molar-refractivity contribution in [2.75, 3.05) is 29.3 Å². The van der Waals surface area contributed by atoms with Gasteiger partial charge in [0, 0.05) is 29.4 Å². The molecule has 1 spiro atoms. The Hall–Kier alpha value is -5.38. The van der Waals surface area contributed by atoms with Crippen LogP contribution in [0.5, 0.6) is 5.75 Å². The molecule has 3 aliphatic rings. The van der Waals surface area contributed by atoms with E-state index < -0.39 is 55.8 Å². The smallest absolute Gasteiger partial charge is 0.264 e. The van der Waals surface area contributed by atoms with Gasteiger partial charge in [0.2, 0.25) is 5.91 Å². The van der Waals surface area contributed by atoms with Crippen LogP contribution in [-0.2, 0) is 49.0 Å². The predicted molar refractivity (Wildman–Crippen MR) is 230 cm³/mol. The zero-order chi connectivity index (χ0) is 43.1. The van der Waals surface area contributed by atoms with E-state index in [0.29, 0.717) is 46.9 Å². The van der Waals surface area contributed by atoms with E-state index in [1.807, 2.05) is 49.4 Å². The fourth-order valence-corrected chi connectivity index (χ4v) is 13.5. The molecule has 4 aromatic carbocycles. The summed E-state index contributed by atoms with van der Waals surface area (Å²) in [4.78, 5) is 58.7. The van der Waals surface area contributed by atoms with Crippen LogP contribution in [0.3, 0.4) is 0 Å². The third-order valence-corrected chi connectivity index (χ3v) is 17.0. The van der Waals surface area contributed by atoms with Crippen molar-refractivity contribution in [3.8, 4) is 5.75 Å². The van der Waals surface area contributed by atoms with Gasteiger partial charge >= 0.3 is 0 Å². The number of aliphatic hydroxyl groups is 3. The van der Waals surface area contributed by atoms with Crippen molar-refractivity contribution in [2.24, 2.45) is 5.92 Å². The number of benzene rings is 4. The molecular formula is C46H54N4O9Si. The Balaban J connectivity index is 1.32. The fourth-order valence-electron chi connectivity index (χ4n) is 9.50. The number of hydrogen-bond acceptors (Lipinski definition) is 9. The minimum atomic E-state index is -2.67. The molecule has 7 atom stereocenters. The molecule has 7 rings (SSSR count). The number of fused-ring (bicyclic) bond motifs is 3. The molecule has 3 heterocycles. The Morgan fingerprint density at radius 3 is 2.18 bits per heavy atom. The number of nitrogens with one attached hydrogen (secondary N) is 2. The molecule has 5 N–H and O–H groups in total. The molecule has 0 radical (unpaired) electrons. The Bertz CT molecular complexity index is 2280. The highest BCUT2D eigenvalue weighted by molar-refractivity contribution is 6.91. The molecule has 4 amide bonds. The first kappa shape index (κ1) is 42.7. The van der Waals surface area contributed by atoms with Crippen LogP contribution in [0.15, 0.2) is 91.0 Å². The van der Waals surface area contributed by atoms with Gasteiger partial charge in [-0.3, -0.25) is 19.2 Å². The van der Waals surface area contributed by atoms with E-state index in [2.05, 4.69) is 35.9 Å². The maximum Gasteiger partial charge on any atom is 0.264 e. The van der Waals surface area contributed by atoms with E-state index in [9.17, 15) is 29.7 Å². The van der Waals surface area contributed by atoms with Crippen LogP contribution in [0.4, 0.5) is 17.1 Å². The van der Waals surface area contributed by atoms with Crippen LogP contribution >= 0.6 is 0 Å². The van der Waals surface area contributed by atoms with Gasteiger partial charge in [-0.05, 0) is 85.0 Å². The van der Waals surface area contributed by atoms with Crippen LogP contribution in [0.1, 0.15) is 49.4 Å². The van der Waals surface area contributed by atoms with E-state index in [1.165, 1.54) is 13.8 Å². The van der Waals surface area contributed by atoms with Gasteiger partial charge in [0.1, 0.15) is 18.0 Å². The van der Waals surface area contributed by atoms with E-state index in [-0.39, 0.29) is 36.9 Å². The Morgan fingerprint density at radius 1 is 0.900 bits per heavy atom. The van der Waals surface area contributed by atoms with Crippen molar-refractivity contribution >= 4 is 54.0 Å². The molecule has 0 saturated carbocycles. The second-order valence-corrected chi connectivity index (χ2v) is 21.5. The van der Waals surface area contributed by atoms with E-state index >= 15 is 4.79 Å². The highest BCUT2D eigenvalue weighted by Gasteiger charge is 2.66. The SMILES string of the molecule is COc1ccc([Si](C)(C)[C@@H]2[C@@H](CC(=O)N3Cc4ccccc4C[C@H]3CO)O[C@]3(C(=O)N(Cc4cccc(NC(=O)[C@H](C)O)c4)c4ccc(NC(=O)[C@H](C)O)cc43)[C@H]2C)cc1. The third-order valence-electron chi connectivity index (χ3n) is 12.7. The average molecular weight is 835 g/mol. The molecule has 13 nitrogen and oxygen atoms in total. The molecule has 3 aliphatic heterocycles. The molecule has 14 heteroatoms. The number of carbonyl (C=O) groups is 4. The number of methoxy groups -OCH3 is 1. The minimum absolute atomic E-state index is 0.0336. The number of anilines is 3. The van der Waals surface area contributed by atoms with Gasteiger partial charge in [0.05, 0.1) is 52.6 Å². The van der Waals surface area contributed by atoms with Crippen LogP contribution in [-0.4, -0.2) is 90.0 Å². The molecule has 0 unspecified atom stereocenters. The summed E-state index contributed by atoms with van der Waals surface area (Å²) in [5.41, 5.74) is 2.85. The molecule has 4 aromatic rings. The first-order valence-electron chi connectivity index (χ1n) is 20.4. The van der Waals surface area contributed by atoms with Gasteiger partial charge in [-0.2, -0.15) is 0 Å². The minimum Gasteiger partial charge on any atom is -0.497 e. The van der Waals surface area contributed by atoms with Crippen molar-refractivity contribution in [1.29, 1.82) is 0 Å². The van der Waals surface area contributed by atoms with E-state index in [0.717, 1.165) is 16.3 Å². The summed E-state index contributed by atoms with van der Waals surface area (Å²) in [6.07, 6.45) is -2.74.